The van der Waals surface area contributed by atoms with E-state index in [0.717, 1.165) is 39.0 Å². The van der Waals surface area contributed by atoms with Gasteiger partial charge in [-0.25, -0.2) is 0 Å². The fourth-order valence-electron chi connectivity index (χ4n) is 8.32. The van der Waals surface area contributed by atoms with Crippen LogP contribution in [0.5, 0.6) is 0 Å². The van der Waals surface area contributed by atoms with E-state index >= 15 is 0 Å². The molecule has 1 aromatic heterocycles. The topological polar surface area (TPSA) is 16.4 Å². The molecule has 0 unspecified atom stereocenters. The van der Waals surface area contributed by atoms with Crippen molar-refractivity contribution in [3.8, 4) is 33.4 Å². The second kappa shape index (κ2) is 11.3. The molecule has 0 saturated heterocycles. The maximum atomic E-state index is 6.30. The number of para-hydroxylation sites is 1. The van der Waals surface area contributed by atoms with Gasteiger partial charge in [0.25, 0.3) is 0 Å². The Morgan fingerprint density at radius 1 is 0.431 bits per heavy atom. The Kier molecular flexibility index (Phi) is 6.56. The summed E-state index contributed by atoms with van der Waals surface area (Å²) in [5, 5.41) is 4.73. The molecule has 0 fully saturated rings. The van der Waals surface area contributed by atoms with Crippen LogP contribution < -0.4 is 4.90 Å². The lowest BCUT2D eigenvalue weighted by molar-refractivity contribution is 0.661. The molecule has 0 saturated carbocycles. The maximum absolute atomic E-state index is 6.30. The summed E-state index contributed by atoms with van der Waals surface area (Å²) in [5.74, 6) is 0. The van der Waals surface area contributed by atoms with Crippen molar-refractivity contribution in [3.05, 3.63) is 187 Å². The van der Waals surface area contributed by atoms with Gasteiger partial charge in [-0.05, 0) is 98.2 Å². The van der Waals surface area contributed by atoms with E-state index in [1.165, 1.54) is 55.3 Å². The van der Waals surface area contributed by atoms with Gasteiger partial charge in [-0.15, -0.1) is 0 Å². The Hall–Kier alpha value is -6.38. The Morgan fingerprint density at radius 3 is 1.90 bits per heavy atom. The van der Waals surface area contributed by atoms with E-state index in [9.17, 15) is 0 Å². The van der Waals surface area contributed by atoms with Crippen LogP contribution in [0.2, 0.25) is 0 Å². The first-order valence-electron chi connectivity index (χ1n) is 17.7. The highest BCUT2D eigenvalue weighted by atomic mass is 16.3. The number of nitrogens with zero attached hydrogens (tertiary/aromatic N) is 1. The van der Waals surface area contributed by atoms with E-state index in [1.807, 2.05) is 12.1 Å². The summed E-state index contributed by atoms with van der Waals surface area (Å²) < 4.78 is 6.30. The highest BCUT2D eigenvalue weighted by molar-refractivity contribution is 6.08. The molecule has 0 aliphatic heterocycles. The highest BCUT2D eigenvalue weighted by Crippen LogP contribution is 2.52. The number of benzene rings is 8. The van der Waals surface area contributed by atoms with Crippen LogP contribution in [0, 0.1) is 0 Å². The number of furan rings is 1. The summed E-state index contributed by atoms with van der Waals surface area (Å²) in [7, 11) is 0. The molecule has 1 aliphatic rings. The molecular formula is C49H35NO. The molecule has 0 spiro atoms. The molecule has 2 nitrogen and oxygen atoms in total. The van der Waals surface area contributed by atoms with Crippen molar-refractivity contribution in [2.75, 3.05) is 4.90 Å². The maximum Gasteiger partial charge on any atom is 0.135 e. The van der Waals surface area contributed by atoms with Gasteiger partial charge in [0.15, 0.2) is 0 Å². The van der Waals surface area contributed by atoms with Gasteiger partial charge >= 0.3 is 0 Å². The first-order chi connectivity index (χ1) is 25.0. The van der Waals surface area contributed by atoms with E-state index in [0.29, 0.717) is 0 Å². The fourth-order valence-corrected chi connectivity index (χ4v) is 8.32. The molecular weight excluding hydrogens is 619 g/mol. The third-order valence-corrected chi connectivity index (χ3v) is 10.9. The molecule has 2 heteroatoms. The Morgan fingerprint density at radius 2 is 1.08 bits per heavy atom. The van der Waals surface area contributed by atoms with Crippen molar-refractivity contribution in [1.82, 2.24) is 0 Å². The second-order valence-electron chi connectivity index (χ2n) is 14.1. The summed E-state index contributed by atoms with van der Waals surface area (Å²) in [6.45, 7) is 4.70. The third kappa shape index (κ3) is 4.64. The molecule has 1 heterocycles. The summed E-state index contributed by atoms with van der Waals surface area (Å²) >= 11 is 0. The minimum absolute atomic E-state index is 0.0725. The van der Waals surface area contributed by atoms with Gasteiger partial charge in [0.1, 0.15) is 11.2 Å². The van der Waals surface area contributed by atoms with Crippen LogP contribution >= 0.6 is 0 Å². The van der Waals surface area contributed by atoms with Gasteiger partial charge in [0.05, 0.1) is 5.69 Å². The third-order valence-electron chi connectivity index (χ3n) is 10.9. The second-order valence-corrected chi connectivity index (χ2v) is 14.1. The molecule has 0 atom stereocenters. The standard InChI is InChI=1S/C49H35NO/c1-49(2)43-19-11-9-18-39(43)48-41-30-36(24-21-34(41)22-26-44(48)49)50(37-25-28-47-42(31-37)38-17-10-12-20-46(38)51-47)45-27-23-35(32-13-5-3-6-14-32)29-40(45)33-15-7-4-8-16-33/h3-31H,1-2H3. The molecule has 0 radical (unpaired) electrons. The lowest BCUT2D eigenvalue weighted by atomic mass is 9.82. The van der Waals surface area contributed by atoms with Crippen molar-refractivity contribution < 1.29 is 4.42 Å². The lowest BCUT2D eigenvalue weighted by Gasteiger charge is -2.29. The van der Waals surface area contributed by atoms with Gasteiger partial charge in [-0.3, -0.25) is 0 Å². The van der Waals surface area contributed by atoms with Crippen LogP contribution in [0.15, 0.2) is 180 Å². The molecule has 0 N–H and O–H groups in total. The van der Waals surface area contributed by atoms with Crippen LogP contribution in [-0.2, 0) is 5.41 Å². The predicted molar refractivity (Wildman–Crippen MR) is 214 cm³/mol. The van der Waals surface area contributed by atoms with Crippen LogP contribution in [-0.4, -0.2) is 0 Å². The van der Waals surface area contributed by atoms with E-state index in [1.54, 1.807) is 0 Å². The van der Waals surface area contributed by atoms with E-state index in [4.69, 9.17) is 4.42 Å². The molecule has 1 aliphatic carbocycles. The first-order valence-corrected chi connectivity index (χ1v) is 17.7. The van der Waals surface area contributed by atoms with Crippen LogP contribution in [0.3, 0.4) is 0 Å². The molecule has 10 rings (SSSR count). The molecule has 242 valence electrons. The summed E-state index contributed by atoms with van der Waals surface area (Å²) in [6, 6.07) is 63.8. The van der Waals surface area contributed by atoms with Crippen LogP contribution in [0.25, 0.3) is 66.1 Å². The SMILES string of the molecule is CC1(C)c2ccccc2-c2c1ccc1ccc(N(c3ccc4oc5ccccc5c4c3)c3ccc(-c4ccccc4)cc3-c3ccccc3)cc21. The average Bonchev–Trinajstić information content (AvgIpc) is 3.67. The molecule has 9 aromatic rings. The monoisotopic (exact) mass is 653 g/mol. The Balaban J connectivity index is 1.26. The molecule has 8 aromatic carbocycles. The van der Waals surface area contributed by atoms with Gasteiger partial charge in [0.2, 0.25) is 0 Å². The largest absolute Gasteiger partial charge is 0.456 e. The zero-order valence-corrected chi connectivity index (χ0v) is 28.6. The summed E-state index contributed by atoms with van der Waals surface area (Å²) in [5.41, 5.74) is 15.2. The highest BCUT2D eigenvalue weighted by Gasteiger charge is 2.36. The molecule has 51 heavy (non-hydrogen) atoms. The average molecular weight is 654 g/mol. The Bertz CT molecular complexity index is 2770. The van der Waals surface area contributed by atoms with E-state index in [-0.39, 0.29) is 5.41 Å². The molecule has 0 bridgehead atoms. The fraction of sp³-hybridized carbons (Fsp3) is 0.0612. The minimum Gasteiger partial charge on any atom is -0.456 e. The predicted octanol–water partition coefficient (Wildman–Crippen LogP) is 13.8. The minimum atomic E-state index is -0.0725. The summed E-state index contributed by atoms with van der Waals surface area (Å²) in [4.78, 5) is 2.43. The van der Waals surface area contributed by atoms with Crippen molar-refractivity contribution in [3.63, 3.8) is 0 Å². The van der Waals surface area contributed by atoms with E-state index in [2.05, 4.69) is 183 Å². The van der Waals surface area contributed by atoms with Gasteiger partial charge in [-0.1, -0.05) is 141 Å². The van der Waals surface area contributed by atoms with Crippen LogP contribution in [0.1, 0.15) is 25.0 Å². The first kappa shape index (κ1) is 29.5. The number of anilines is 3. The zero-order valence-electron chi connectivity index (χ0n) is 28.6. The smallest absolute Gasteiger partial charge is 0.135 e. The zero-order chi connectivity index (χ0) is 34.1. The number of hydrogen-bond acceptors (Lipinski definition) is 2. The van der Waals surface area contributed by atoms with Crippen LogP contribution in [0.4, 0.5) is 17.1 Å². The van der Waals surface area contributed by atoms with Gasteiger partial charge in [-0.2, -0.15) is 0 Å². The van der Waals surface area contributed by atoms with Crippen molar-refractivity contribution in [1.29, 1.82) is 0 Å². The number of fused-ring (bicyclic) bond motifs is 8. The summed E-state index contributed by atoms with van der Waals surface area (Å²) in [6.07, 6.45) is 0. The number of rotatable bonds is 5. The lowest BCUT2D eigenvalue weighted by Crippen LogP contribution is -2.14. The number of hydrogen-bond donors (Lipinski definition) is 0. The molecule has 0 amide bonds. The van der Waals surface area contributed by atoms with Crippen molar-refractivity contribution >= 4 is 49.8 Å². The van der Waals surface area contributed by atoms with Crippen molar-refractivity contribution in [2.45, 2.75) is 19.3 Å². The van der Waals surface area contributed by atoms with Gasteiger partial charge < -0.3 is 9.32 Å². The Labute approximate surface area is 297 Å². The van der Waals surface area contributed by atoms with Gasteiger partial charge in [0, 0.05) is 33.1 Å². The van der Waals surface area contributed by atoms with Crippen molar-refractivity contribution in [2.24, 2.45) is 0 Å². The normalized spacial score (nSPS) is 13.1. The van der Waals surface area contributed by atoms with E-state index < -0.39 is 0 Å². The quantitative estimate of drug-likeness (QED) is 0.184.